The van der Waals surface area contributed by atoms with Crippen LogP contribution in [0.5, 0.6) is 0 Å². The van der Waals surface area contributed by atoms with Gasteiger partial charge in [-0.05, 0) is 43.7 Å². The van der Waals surface area contributed by atoms with Crippen LogP contribution in [0, 0.1) is 25.5 Å². The van der Waals surface area contributed by atoms with E-state index in [-0.39, 0.29) is 5.69 Å². The van der Waals surface area contributed by atoms with Gasteiger partial charge in [0.1, 0.15) is 34.9 Å². The summed E-state index contributed by atoms with van der Waals surface area (Å²) < 4.78 is 27.1. The van der Waals surface area contributed by atoms with Crippen LogP contribution < -0.4 is 15.5 Å². The van der Waals surface area contributed by atoms with Gasteiger partial charge in [0.05, 0.1) is 5.69 Å². The maximum Gasteiger partial charge on any atom is 0.322 e. The highest BCUT2D eigenvalue weighted by atomic mass is 19.1. The predicted molar refractivity (Wildman–Crippen MR) is 118 cm³/mol. The lowest BCUT2D eigenvalue weighted by atomic mass is 10.3. The minimum atomic E-state index is -0.682. The van der Waals surface area contributed by atoms with Crippen molar-refractivity contribution in [1.82, 2.24) is 19.9 Å². The van der Waals surface area contributed by atoms with Gasteiger partial charge in [-0.25, -0.2) is 28.5 Å². The number of pyridine rings is 1. The average Bonchev–Trinajstić information content (AvgIpc) is 2.76. The lowest BCUT2D eigenvalue weighted by molar-refractivity contribution is 0.208. The van der Waals surface area contributed by atoms with E-state index in [9.17, 15) is 13.6 Å². The van der Waals surface area contributed by atoms with Crippen LogP contribution in [0.4, 0.5) is 36.7 Å². The molecule has 10 heteroatoms. The van der Waals surface area contributed by atoms with Gasteiger partial charge in [0.15, 0.2) is 0 Å². The lowest BCUT2D eigenvalue weighted by Crippen LogP contribution is -2.50. The largest absolute Gasteiger partial charge is 0.353 e. The van der Waals surface area contributed by atoms with Gasteiger partial charge in [-0.15, -0.1) is 0 Å². The van der Waals surface area contributed by atoms with Crippen LogP contribution in [0.25, 0.3) is 0 Å². The van der Waals surface area contributed by atoms with Crippen molar-refractivity contribution in [2.24, 2.45) is 0 Å². The zero-order valence-electron chi connectivity index (χ0n) is 17.8. The molecule has 1 saturated heterocycles. The number of urea groups is 1. The maximum absolute atomic E-state index is 13.8. The molecule has 0 bridgehead atoms. The van der Waals surface area contributed by atoms with E-state index in [4.69, 9.17) is 0 Å². The predicted octanol–water partition coefficient (Wildman–Crippen LogP) is 3.86. The number of aryl methyl sites for hydroxylation is 2. The molecule has 1 fully saturated rings. The molecule has 1 aromatic carbocycles. The van der Waals surface area contributed by atoms with Gasteiger partial charge in [-0.2, -0.15) is 0 Å². The molecule has 0 spiro atoms. The monoisotopic (exact) mass is 439 g/mol. The van der Waals surface area contributed by atoms with Gasteiger partial charge in [0.2, 0.25) is 0 Å². The summed E-state index contributed by atoms with van der Waals surface area (Å²) in [6, 6.07) is 8.17. The molecule has 0 unspecified atom stereocenters. The van der Waals surface area contributed by atoms with E-state index >= 15 is 0 Å². The van der Waals surface area contributed by atoms with Crippen molar-refractivity contribution in [2.45, 2.75) is 13.8 Å². The van der Waals surface area contributed by atoms with Crippen molar-refractivity contribution in [3.8, 4) is 0 Å². The van der Waals surface area contributed by atoms with Crippen molar-refractivity contribution in [2.75, 3.05) is 41.7 Å². The fourth-order valence-corrected chi connectivity index (χ4v) is 3.44. The highest BCUT2D eigenvalue weighted by Crippen LogP contribution is 2.21. The van der Waals surface area contributed by atoms with Crippen LogP contribution in [-0.2, 0) is 0 Å². The molecule has 1 aliphatic rings. The first-order chi connectivity index (χ1) is 15.4. The van der Waals surface area contributed by atoms with Gasteiger partial charge in [-0.1, -0.05) is 0 Å². The number of amides is 2. The first kappa shape index (κ1) is 21.4. The number of carbonyl (C=O) groups excluding carboxylic acids is 1. The summed E-state index contributed by atoms with van der Waals surface area (Å²) in [5, 5.41) is 5.64. The fourth-order valence-electron chi connectivity index (χ4n) is 3.44. The summed E-state index contributed by atoms with van der Waals surface area (Å²) in [6.07, 6.45) is 1.73. The van der Waals surface area contributed by atoms with Gasteiger partial charge < -0.3 is 20.4 Å². The zero-order valence-corrected chi connectivity index (χ0v) is 17.8. The molecule has 0 aliphatic carbocycles. The first-order valence-electron chi connectivity index (χ1n) is 10.2. The topological polar surface area (TPSA) is 86.3 Å². The normalized spacial score (nSPS) is 13.8. The second-order valence-electron chi connectivity index (χ2n) is 7.53. The molecule has 166 valence electrons. The van der Waals surface area contributed by atoms with E-state index in [1.807, 2.05) is 32.0 Å². The van der Waals surface area contributed by atoms with Crippen molar-refractivity contribution < 1.29 is 13.6 Å². The van der Waals surface area contributed by atoms with Crippen LogP contribution in [0.1, 0.15) is 11.4 Å². The van der Waals surface area contributed by atoms with Crippen molar-refractivity contribution >= 4 is 29.2 Å². The summed E-state index contributed by atoms with van der Waals surface area (Å²) >= 11 is 0. The standard InChI is InChI=1S/C22H23F2N7O/c1-14-5-6-25-19(11-14)29-20-13-21(27-15(2)26-20)30-7-9-31(10-8-30)22(32)28-18-12-16(23)3-4-17(18)24/h3-6,11-13H,7-10H2,1-2H3,(H,28,32)(H,25,26,27,29). The van der Waals surface area contributed by atoms with Gasteiger partial charge in [0.25, 0.3) is 0 Å². The molecule has 8 nitrogen and oxygen atoms in total. The van der Waals surface area contributed by atoms with Crippen LogP contribution in [0.15, 0.2) is 42.6 Å². The summed E-state index contributed by atoms with van der Waals surface area (Å²) in [5.41, 5.74) is 0.908. The number of anilines is 4. The third-order valence-electron chi connectivity index (χ3n) is 5.06. The average molecular weight is 439 g/mol. The Balaban J connectivity index is 1.40. The van der Waals surface area contributed by atoms with Crippen LogP contribution in [-0.4, -0.2) is 52.1 Å². The second kappa shape index (κ2) is 9.13. The molecule has 0 radical (unpaired) electrons. The second-order valence-corrected chi connectivity index (χ2v) is 7.53. The van der Waals surface area contributed by atoms with Gasteiger partial charge in [-0.3, -0.25) is 0 Å². The number of rotatable bonds is 4. The lowest BCUT2D eigenvalue weighted by Gasteiger charge is -2.35. The van der Waals surface area contributed by atoms with Crippen molar-refractivity contribution in [3.63, 3.8) is 0 Å². The number of aromatic nitrogens is 3. The van der Waals surface area contributed by atoms with Crippen LogP contribution >= 0.6 is 0 Å². The number of carbonyl (C=O) groups is 1. The maximum atomic E-state index is 13.8. The SMILES string of the molecule is Cc1ccnc(Nc2cc(N3CCN(C(=O)Nc4cc(F)ccc4F)CC3)nc(C)n2)c1. The number of benzene rings is 1. The third-order valence-corrected chi connectivity index (χ3v) is 5.06. The van der Waals surface area contributed by atoms with Crippen molar-refractivity contribution in [3.05, 3.63) is 65.6 Å². The van der Waals surface area contributed by atoms with E-state index in [1.165, 1.54) is 0 Å². The highest BCUT2D eigenvalue weighted by Gasteiger charge is 2.23. The molecule has 32 heavy (non-hydrogen) atoms. The van der Waals surface area contributed by atoms with E-state index in [1.54, 1.807) is 11.1 Å². The molecule has 3 aromatic rings. The Morgan fingerprint density at radius 1 is 0.969 bits per heavy atom. The third kappa shape index (κ3) is 5.08. The molecule has 2 aromatic heterocycles. The molecule has 4 rings (SSSR count). The van der Waals surface area contributed by atoms with E-state index < -0.39 is 17.7 Å². The quantitative estimate of drug-likeness (QED) is 0.642. The molecule has 1 aliphatic heterocycles. The Morgan fingerprint density at radius 2 is 1.75 bits per heavy atom. The van der Waals surface area contributed by atoms with Crippen LogP contribution in [0.3, 0.4) is 0 Å². The molecule has 0 atom stereocenters. The fraction of sp³-hybridized carbons (Fsp3) is 0.273. The Hall–Kier alpha value is -3.82. The Bertz CT molecular complexity index is 1130. The van der Waals surface area contributed by atoms with Gasteiger partial charge >= 0.3 is 6.03 Å². The van der Waals surface area contributed by atoms with Gasteiger partial charge in [0, 0.05) is 44.5 Å². The molecular weight excluding hydrogens is 416 g/mol. The molecule has 2 N–H and O–H groups in total. The number of halogens is 2. The van der Waals surface area contributed by atoms with E-state index in [0.717, 1.165) is 29.6 Å². The summed E-state index contributed by atoms with van der Waals surface area (Å²) in [6.45, 7) is 5.70. The Kier molecular flexibility index (Phi) is 6.11. The molecular formula is C22H23F2N7O. The Labute approximate surface area is 184 Å². The zero-order chi connectivity index (χ0) is 22.7. The number of hydrogen-bond donors (Lipinski definition) is 2. The summed E-state index contributed by atoms with van der Waals surface area (Å²) in [4.78, 5) is 29.3. The summed E-state index contributed by atoms with van der Waals surface area (Å²) in [7, 11) is 0. The number of nitrogens with zero attached hydrogens (tertiary/aromatic N) is 5. The first-order valence-corrected chi connectivity index (χ1v) is 10.2. The van der Waals surface area contributed by atoms with Crippen molar-refractivity contribution in [1.29, 1.82) is 0 Å². The number of hydrogen-bond acceptors (Lipinski definition) is 6. The molecule has 3 heterocycles. The smallest absolute Gasteiger partial charge is 0.322 e. The molecule has 2 amide bonds. The Morgan fingerprint density at radius 3 is 2.50 bits per heavy atom. The number of piperazine rings is 1. The van der Waals surface area contributed by atoms with E-state index in [0.29, 0.717) is 43.6 Å². The molecule has 0 saturated carbocycles. The van der Waals surface area contributed by atoms with E-state index in [2.05, 4.69) is 30.5 Å². The minimum absolute atomic E-state index is 0.177. The summed E-state index contributed by atoms with van der Waals surface area (Å²) in [5.74, 6) is 1.38. The minimum Gasteiger partial charge on any atom is -0.353 e. The highest BCUT2D eigenvalue weighted by molar-refractivity contribution is 5.89. The van der Waals surface area contributed by atoms with Crippen LogP contribution in [0.2, 0.25) is 0 Å². The number of nitrogens with one attached hydrogen (secondary N) is 2.